The maximum absolute atomic E-state index is 13.5. The molecule has 0 aliphatic rings. The van der Waals surface area contributed by atoms with Gasteiger partial charge in [-0.25, -0.2) is 21.2 Å². The number of hydrogen-bond acceptors (Lipinski definition) is 7. The topological polar surface area (TPSA) is 127 Å². The number of pyridine rings is 1. The van der Waals surface area contributed by atoms with Gasteiger partial charge in [0, 0.05) is 31.2 Å². The monoisotopic (exact) mass is 525 g/mol. The van der Waals surface area contributed by atoms with Gasteiger partial charge >= 0.3 is 0 Å². The maximum atomic E-state index is 13.5. The van der Waals surface area contributed by atoms with Crippen molar-refractivity contribution in [1.82, 2.24) is 10.3 Å². The van der Waals surface area contributed by atoms with Crippen LogP contribution in [0.25, 0.3) is 22.4 Å². The van der Waals surface area contributed by atoms with Gasteiger partial charge < -0.3 is 9.73 Å². The van der Waals surface area contributed by atoms with E-state index in [1.165, 1.54) is 31.3 Å². The molecule has 0 bridgehead atoms. The molecule has 0 fully saturated rings. The fourth-order valence-electron chi connectivity index (χ4n) is 3.74. The van der Waals surface area contributed by atoms with Gasteiger partial charge in [-0.05, 0) is 55.2 Å². The molecule has 2 heterocycles. The quantitative estimate of drug-likeness (QED) is 0.403. The number of carbonyl (C=O) groups is 1. The van der Waals surface area contributed by atoms with Gasteiger partial charge in [0.25, 0.3) is 5.91 Å². The summed E-state index contributed by atoms with van der Waals surface area (Å²) in [6.07, 6.45) is 3.21. The predicted molar refractivity (Wildman–Crippen MR) is 133 cm³/mol. The highest BCUT2D eigenvalue weighted by atomic mass is 32.2. The summed E-state index contributed by atoms with van der Waals surface area (Å²) in [6, 6.07) is 7.12. The number of furan rings is 1. The first-order valence-electron chi connectivity index (χ1n) is 11.0. The highest BCUT2D eigenvalue weighted by Crippen LogP contribution is 2.36. The van der Waals surface area contributed by atoms with Crippen molar-refractivity contribution in [2.45, 2.75) is 26.2 Å². The van der Waals surface area contributed by atoms with Crippen molar-refractivity contribution in [3.05, 3.63) is 47.3 Å². The van der Waals surface area contributed by atoms with Crippen LogP contribution in [0.2, 0.25) is 0 Å². The molecule has 2 aromatic heterocycles. The van der Waals surface area contributed by atoms with E-state index in [0.29, 0.717) is 35.8 Å². The van der Waals surface area contributed by atoms with E-state index in [4.69, 9.17) is 4.42 Å². The molecule has 1 amide bonds. The molecule has 0 spiro atoms. The van der Waals surface area contributed by atoms with E-state index in [0.717, 1.165) is 16.8 Å². The number of sulfone groups is 1. The number of fused-ring (bicyclic) bond motifs is 1. The molecule has 0 saturated heterocycles. The molecule has 1 aromatic carbocycles. The molecule has 0 aliphatic carbocycles. The Kier molecular flexibility index (Phi) is 7.85. The summed E-state index contributed by atoms with van der Waals surface area (Å²) < 4.78 is 68.7. The van der Waals surface area contributed by atoms with Crippen LogP contribution in [0.1, 0.15) is 35.7 Å². The Morgan fingerprint density at radius 3 is 2.31 bits per heavy atom. The van der Waals surface area contributed by atoms with Crippen molar-refractivity contribution in [1.29, 1.82) is 0 Å². The molecule has 0 atom stereocenters. The van der Waals surface area contributed by atoms with Crippen molar-refractivity contribution in [2.24, 2.45) is 0 Å². The SMILES string of the molecule is CCc1cc2c(C(=O)NC)c(-c3ccc(F)cc3)oc2nc1N(CCCCS(C)(=O)=O)S(C)(=O)=O. The molecule has 0 aliphatic heterocycles. The summed E-state index contributed by atoms with van der Waals surface area (Å²) in [5.41, 5.74) is 1.30. The van der Waals surface area contributed by atoms with Gasteiger partial charge in [0.05, 0.1) is 17.2 Å². The number of anilines is 1. The second-order valence-corrected chi connectivity index (χ2v) is 12.4. The second kappa shape index (κ2) is 10.3. The van der Waals surface area contributed by atoms with Crippen molar-refractivity contribution in [3.8, 4) is 11.3 Å². The van der Waals surface area contributed by atoms with Crippen molar-refractivity contribution in [2.75, 3.05) is 36.2 Å². The number of nitrogens with one attached hydrogen (secondary N) is 1. The zero-order valence-corrected chi connectivity index (χ0v) is 21.6. The van der Waals surface area contributed by atoms with Gasteiger partial charge in [0.15, 0.2) is 0 Å². The van der Waals surface area contributed by atoms with E-state index < -0.39 is 31.6 Å². The van der Waals surface area contributed by atoms with Gasteiger partial charge in [-0.15, -0.1) is 0 Å². The Bertz CT molecular complexity index is 1450. The fraction of sp³-hybridized carbons (Fsp3) is 0.391. The molecule has 3 rings (SSSR count). The fourth-order valence-corrected chi connectivity index (χ4v) is 5.40. The zero-order valence-electron chi connectivity index (χ0n) is 20.0. The average Bonchev–Trinajstić information content (AvgIpc) is 3.14. The van der Waals surface area contributed by atoms with E-state index in [9.17, 15) is 26.0 Å². The predicted octanol–water partition coefficient (Wildman–Crippen LogP) is 3.15. The van der Waals surface area contributed by atoms with E-state index in [-0.39, 0.29) is 35.2 Å². The lowest BCUT2D eigenvalue weighted by Gasteiger charge is -2.23. The van der Waals surface area contributed by atoms with E-state index in [2.05, 4.69) is 10.3 Å². The number of nitrogens with zero attached hydrogens (tertiary/aromatic N) is 2. The minimum atomic E-state index is -3.76. The number of amides is 1. The number of sulfonamides is 1. The first-order chi connectivity index (χ1) is 16.4. The summed E-state index contributed by atoms with van der Waals surface area (Å²) in [5, 5.41) is 2.97. The van der Waals surface area contributed by atoms with Gasteiger partial charge in [-0.3, -0.25) is 9.10 Å². The van der Waals surface area contributed by atoms with Gasteiger partial charge in [-0.2, -0.15) is 4.98 Å². The molecule has 0 radical (unpaired) electrons. The Morgan fingerprint density at radius 1 is 1.11 bits per heavy atom. The number of hydrogen-bond donors (Lipinski definition) is 1. The third-order valence-corrected chi connectivity index (χ3v) is 7.63. The summed E-state index contributed by atoms with van der Waals surface area (Å²) in [4.78, 5) is 17.2. The normalized spacial score (nSPS) is 12.1. The number of aromatic nitrogens is 1. The minimum Gasteiger partial charge on any atom is -0.437 e. The lowest BCUT2D eigenvalue weighted by molar-refractivity contribution is 0.0964. The Hall–Kier alpha value is -2.99. The van der Waals surface area contributed by atoms with Crippen molar-refractivity contribution in [3.63, 3.8) is 0 Å². The lowest BCUT2D eigenvalue weighted by atomic mass is 10.0. The van der Waals surface area contributed by atoms with Gasteiger partial charge in [-0.1, -0.05) is 6.92 Å². The highest BCUT2D eigenvalue weighted by Gasteiger charge is 2.27. The molecule has 3 aromatic rings. The van der Waals surface area contributed by atoms with Crippen LogP contribution in [0, 0.1) is 5.82 Å². The molecule has 190 valence electrons. The molecule has 0 saturated carbocycles. The van der Waals surface area contributed by atoms with Crippen LogP contribution in [-0.2, 0) is 26.3 Å². The standard InChI is InChI=1S/C23H28FN3O6S2/c1-5-15-14-18-19(22(28)25-2)20(16-8-10-17(24)11-9-16)33-23(18)26-21(15)27(35(4,31)32)12-6-7-13-34(3,29)30/h8-11,14H,5-7,12-13H2,1-4H3,(H,25,28). The third kappa shape index (κ3) is 6.17. The first kappa shape index (κ1) is 26.6. The molecular weight excluding hydrogens is 497 g/mol. The summed E-state index contributed by atoms with van der Waals surface area (Å²) >= 11 is 0. The smallest absolute Gasteiger partial charge is 0.255 e. The first-order valence-corrected chi connectivity index (χ1v) is 14.9. The summed E-state index contributed by atoms with van der Waals surface area (Å²) in [6.45, 7) is 1.87. The molecule has 0 unspecified atom stereocenters. The molecular formula is C23H28FN3O6S2. The maximum Gasteiger partial charge on any atom is 0.255 e. The summed E-state index contributed by atoms with van der Waals surface area (Å²) in [7, 11) is -5.45. The van der Waals surface area contributed by atoms with Gasteiger partial charge in [0.2, 0.25) is 15.7 Å². The number of aryl methyl sites for hydroxylation is 1. The van der Waals surface area contributed by atoms with E-state index in [1.807, 2.05) is 6.92 Å². The lowest BCUT2D eigenvalue weighted by Crippen LogP contribution is -2.32. The Morgan fingerprint density at radius 2 is 1.77 bits per heavy atom. The number of unbranched alkanes of at least 4 members (excludes halogenated alkanes) is 1. The van der Waals surface area contributed by atoms with Crippen LogP contribution in [0.15, 0.2) is 34.7 Å². The summed E-state index contributed by atoms with van der Waals surface area (Å²) in [5.74, 6) is -0.582. The second-order valence-electron chi connectivity index (χ2n) is 8.24. The minimum absolute atomic E-state index is 0.0354. The average molecular weight is 526 g/mol. The van der Waals surface area contributed by atoms with Crippen LogP contribution in [0.5, 0.6) is 0 Å². The van der Waals surface area contributed by atoms with E-state index >= 15 is 0 Å². The number of rotatable bonds is 10. The van der Waals surface area contributed by atoms with Crippen LogP contribution in [0.3, 0.4) is 0 Å². The van der Waals surface area contributed by atoms with Crippen molar-refractivity contribution < 1.29 is 30.4 Å². The van der Waals surface area contributed by atoms with Crippen LogP contribution >= 0.6 is 0 Å². The Labute approximate surface area is 204 Å². The highest BCUT2D eigenvalue weighted by molar-refractivity contribution is 7.92. The Balaban J connectivity index is 2.15. The van der Waals surface area contributed by atoms with Crippen LogP contribution in [-0.4, -0.2) is 59.6 Å². The number of carbonyl (C=O) groups excluding carboxylic acids is 1. The number of halogens is 1. The van der Waals surface area contributed by atoms with E-state index in [1.54, 1.807) is 6.07 Å². The third-order valence-electron chi connectivity index (χ3n) is 5.44. The molecule has 9 nitrogen and oxygen atoms in total. The molecule has 12 heteroatoms. The van der Waals surface area contributed by atoms with Crippen LogP contribution in [0.4, 0.5) is 10.2 Å². The number of benzene rings is 1. The van der Waals surface area contributed by atoms with Crippen molar-refractivity contribution >= 4 is 42.7 Å². The van der Waals surface area contributed by atoms with Crippen LogP contribution < -0.4 is 9.62 Å². The molecule has 35 heavy (non-hydrogen) atoms. The zero-order chi connectivity index (χ0) is 26.0. The largest absolute Gasteiger partial charge is 0.437 e. The molecule has 1 N–H and O–H groups in total. The van der Waals surface area contributed by atoms with Gasteiger partial charge in [0.1, 0.15) is 27.2 Å².